The first kappa shape index (κ1) is 18.6. The van der Waals surface area contributed by atoms with Crippen molar-refractivity contribution in [3.05, 3.63) is 69.2 Å². The third-order valence-corrected chi connectivity index (χ3v) is 6.50. The van der Waals surface area contributed by atoms with Crippen molar-refractivity contribution in [2.24, 2.45) is 0 Å². The zero-order valence-electron chi connectivity index (χ0n) is 14.2. The van der Waals surface area contributed by atoms with E-state index >= 15 is 0 Å². The maximum Gasteiger partial charge on any atom is 0.255 e. The molecule has 0 saturated carbocycles. The molecule has 25 heavy (non-hydrogen) atoms. The van der Waals surface area contributed by atoms with Gasteiger partial charge in [0.15, 0.2) is 0 Å². The van der Waals surface area contributed by atoms with E-state index in [0.29, 0.717) is 16.6 Å². The average molecular weight is 394 g/mol. The van der Waals surface area contributed by atoms with Crippen LogP contribution < -0.4 is 0 Å². The molecule has 1 amide bonds. The number of unbranched alkanes of at least 4 members (excludes halogenated alkanes) is 1. The monoisotopic (exact) mass is 393 g/mol. The zero-order valence-corrected chi connectivity index (χ0v) is 16.5. The average Bonchev–Trinajstić information content (AvgIpc) is 3.11. The first-order valence-corrected chi connectivity index (χ1v) is 10.4. The van der Waals surface area contributed by atoms with E-state index in [0.717, 1.165) is 23.3 Å². The van der Waals surface area contributed by atoms with Crippen molar-refractivity contribution in [1.82, 2.24) is 4.90 Å². The first-order valence-electron chi connectivity index (χ1n) is 8.57. The molecule has 5 heteroatoms. The van der Waals surface area contributed by atoms with Gasteiger partial charge in [0.1, 0.15) is 5.37 Å². The topological polar surface area (TPSA) is 20.3 Å². The predicted molar refractivity (Wildman–Crippen MR) is 108 cm³/mol. The smallest absolute Gasteiger partial charge is 0.255 e. The zero-order chi connectivity index (χ0) is 17.8. The predicted octanol–water partition coefficient (Wildman–Crippen LogP) is 6.22. The third kappa shape index (κ3) is 4.16. The van der Waals surface area contributed by atoms with E-state index in [1.165, 1.54) is 18.4 Å². The summed E-state index contributed by atoms with van der Waals surface area (Å²) in [6.07, 6.45) is 3.41. The van der Waals surface area contributed by atoms with Gasteiger partial charge >= 0.3 is 0 Å². The van der Waals surface area contributed by atoms with Gasteiger partial charge in [-0.05, 0) is 36.6 Å². The lowest BCUT2D eigenvalue weighted by molar-refractivity contribution is 0.0760. The van der Waals surface area contributed by atoms with Crippen LogP contribution in [0.1, 0.15) is 46.6 Å². The standard InChI is InChI=1S/C20H21Cl2NOS/c1-2-3-5-14-8-10-15(11-9-14)19(24)23-12-13-25-20(23)16-6-4-7-17(21)18(16)22/h4,6-11,20H,2-3,5,12-13H2,1H3. The Morgan fingerprint density at radius 3 is 2.68 bits per heavy atom. The molecule has 0 aliphatic carbocycles. The minimum Gasteiger partial charge on any atom is -0.322 e. The normalized spacial score (nSPS) is 17.1. The van der Waals surface area contributed by atoms with Crippen molar-refractivity contribution in [3.8, 4) is 0 Å². The highest BCUT2D eigenvalue weighted by atomic mass is 35.5. The highest BCUT2D eigenvalue weighted by Crippen LogP contribution is 2.43. The van der Waals surface area contributed by atoms with Crippen LogP contribution in [0.3, 0.4) is 0 Å². The number of hydrogen-bond donors (Lipinski definition) is 0. The molecule has 132 valence electrons. The van der Waals surface area contributed by atoms with Crippen LogP contribution >= 0.6 is 35.0 Å². The van der Waals surface area contributed by atoms with Gasteiger partial charge in [-0.25, -0.2) is 0 Å². The van der Waals surface area contributed by atoms with Gasteiger partial charge < -0.3 is 4.90 Å². The van der Waals surface area contributed by atoms with Crippen LogP contribution in [0.2, 0.25) is 10.0 Å². The molecule has 1 fully saturated rings. The highest BCUT2D eigenvalue weighted by Gasteiger charge is 2.32. The quantitative estimate of drug-likeness (QED) is 0.600. The summed E-state index contributed by atoms with van der Waals surface area (Å²) in [5.74, 6) is 0.946. The number of halogens is 2. The van der Waals surface area contributed by atoms with E-state index in [9.17, 15) is 4.79 Å². The Morgan fingerprint density at radius 2 is 1.96 bits per heavy atom. The van der Waals surface area contributed by atoms with E-state index in [1.807, 2.05) is 29.2 Å². The van der Waals surface area contributed by atoms with E-state index in [2.05, 4.69) is 19.1 Å². The summed E-state index contributed by atoms with van der Waals surface area (Å²) in [7, 11) is 0. The number of carbonyl (C=O) groups excluding carboxylic acids is 1. The molecule has 1 aliphatic heterocycles. The van der Waals surface area contributed by atoms with Gasteiger partial charge in [0.25, 0.3) is 5.91 Å². The minimum absolute atomic E-state index is 0.0492. The molecule has 1 aliphatic rings. The number of aryl methyl sites for hydroxylation is 1. The van der Waals surface area contributed by atoms with E-state index in [-0.39, 0.29) is 11.3 Å². The maximum absolute atomic E-state index is 13.0. The lowest BCUT2D eigenvalue weighted by Crippen LogP contribution is -2.30. The van der Waals surface area contributed by atoms with Gasteiger partial charge in [-0.15, -0.1) is 11.8 Å². The third-order valence-electron chi connectivity index (χ3n) is 4.42. The van der Waals surface area contributed by atoms with Crippen LogP contribution in [0.4, 0.5) is 0 Å². The second-order valence-electron chi connectivity index (χ2n) is 6.17. The van der Waals surface area contributed by atoms with E-state index in [4.69, 9.17) is 23.2 Å². The Hall–Kier alpha value is -1.16. The maximum atomic E-state index is 13.0. The molecule has 2 nitrogen and oxygen atoms in total. The Kier molecular flexibility index (Phi) is 6.32. The lowest BCUT2D eigenvalue weighted by atomic mass is 10.1. The van der Waals surface area contributed by atoms with Gasteiger partial charge in [0, 0.05) is 23.4 Å². The summed E-state index contributed by atoms with van der Waals surface area (Å²) in [6, 6.07) is 13.6. The summed E-state index contributed by atoms with van der Waals surface area (Å²) in [6.45, 7) is 2.90. The minimum atomic E-state index is -0.0848. The van der Waals surface area contributed by atoms with Crippen molar-refractivity contribution in [3.63, 3.8) is 0 Å². The van der Waals surface area contributed by atoms with Crippen molar-refractivity contribution < 1.29 is 4.79 Å². The summed E-state index contributed by atoms with van der Waals surface area (Å²) in [4.78, 5) is 14.9. The number of nitrogens with zero attached hydrogens (tertiary/aromatic N) is 1. The number of benzene rings is 2. The van der Waals surface area contributed by atoms with E-state index < -0.39 is 0 Å². The van der Waals surface area contributed by atoms with Crippen LogP contribution in [0.25, 0.3) is 0 Å². The number of thioether (sulfide) groups is 1. The Balaban J connectivity index is 1.80. The second-order valence-corrected chi connectivity index (χ2v) is 8.14. The van der Waals surface area contributed by atoms with Gasteiger partial charge in [-0.2, -0.15) is 0 Å². The highest BCUT2D eigenvalue weighted by molar-refractivity contribution is 7.99. The fourth-order valence-corrected chi connectivity index (χ4v) is 4.77. The number of amides is 1. The molecule has 0 radical (unpaired) electrons. The van der Waals surface area contributed by atoms with Crippen molar-refractivity contribution in [2.75, 3.05) is 12.3 Å². The van der Waals surface area contributed by atoms with Crippen LogP contribution in [-0.4, -0.2) is 23.1 Å². The SMILES string of the molecule is CCCCc1ccc(C(=O)N2CCSC2c2cccc(Cl)c2Cl)cc1. The van der Waals surface area contributed by atoms with Crippen molar-refractivity contribution in [1.29, 1.82) is 0 Å². The van der Waals surface area contributed by atoms with Crippen LogP contribution in [0.5, 0.6) is 0 Å². The molecule has 2 aromatic rings. The van der Waals surface area contributed by atoms with Crippen molar-refractivity contribution in [2.45, 2.75) is 31.6 Å². The summed E-state index contributed by atoms with van der Waals surface area (Å²) >= 11 is 14.3. The van der Waals surface area contributed by atoms with Crippen LogP contribution in [0, 0.1) is 0 Å². The molecular formula is C20H21Cl2NOS. The molecule has 1 heterocycles. The molecule has 0 bridgehead atoms. The Labute approximate surface area is 163 Å². The van der Waals surface area contributed by atoms with Gasteiger partial charge in [-0.3, -0.25) is 4.79 Å². The molecule has 1 unspecified atom stereocenters. The van der Waals surface area contributed by atoms with Crippen LogP contribution in [-0.2, 0) is 6.42 Å². The molecule has 3 rings (SSSR count). The fraction of sp³-hybridized carbons (Fsp3) is 0.350. The fourth-order valence-electron chi connectivity index (χ4n) is 3.01. The lowest BCUT2D eigenvalue weighted by Gasteiger charge is -2.25. The Bertz CT molecular complexity index is 748. The molecule has 1 atom stereocenters. The summed E-state index contributed by atoms with van der Waals surface area (Å²) in [5.41, 5.74) is 2.92. The molecule has 0 aromatic heterocycles. The molecule has 2 aromatic carbocycles. The first-order chi connectivity index (χ1) is 12.1. The number of carbonyl (C=O) groups is 1. The number of rotatable bonds is 5. The Morgan fingerprint density at radius 1 is 1.20 bits per heavy atom. The molecular weight excluding hydrogens is 373 g/mol. The van der Waals surface area contributed by atoms with Gasteiger partial charge in [0.2, 0.25) is 0 Å². The van der Waals surface area contributed by atoms with Crippen LogP contribution in [0.15, 0.2) is 42.5 Å². The summed E-state index contributed by atoms with van der Waals surface area (Å²) < 4.78 is 0. The molecule has 0 N–H and O–H groups in total. The van der Waals surface area contributed by atoms with Crippen molar-refractivity contribution >= 4 is 40.9 Å². The second kappa shape index (κ2) is 8.48. The molecule has 0 spiro atoms. The number of hydrogen-bond acceptors (Lipinski definition) is 2. The van der Waals surface area contributed by atoms with E-state index in [1.54, 1.807) is 17.8 Å². The van der Waals surface area contributed by atoms with Gasteiger partial charge in [-0.1, -0.05) is 60.8 Å². The van der Waals surface area contributed by atoms with Gasteiger partial charge in [0.05, 0.1) is 10.0 Å². The summed E-state index contributed by atoms with van der Waals surface area (Å²) in [5, 5.41) is 0.981. The molecule has 1 saturated heterocycles. The largest absolute Gasteiger partial charge is 0.322 e.